The fraction of sp³-hybridized carbons (Fsp3) is 0.286. The molecule has 5 heteroatoms. The maximum absolute atomic E-state index is 12.3. The molecule has 0 saturated heterocycles. The van der Waals surface area contributed by atoms with Crippen molar-refractivity contribution in [2.75, 3.05) is 12.8 Å². The summed E-state index contributed by atoms with van der Waals surface area (Å²) < 4.78 is 0. The number of nitrogens with zero attached hydrogens (tertiary/aromatic N) is 2. The Balaban J connectivity index is 2.04. The summed E-state index contributed by atoms with van der Waals surface area (Å²) in [6, 6.07) is 7.61. The SMILES string of the molecule is CC(Cc1cccs1)N(C)C(=O)c1ccc(N)nc1. The van der Waals surface area contributed by atoms with Gasteiger partial charge in [-0.2, -0.15) is 0 Å². The number of nitrogen functional groups attached to an aromatic ring is 1. The molecule has 0 radical (unpaired) electrons. The van der Waals surface area contributed by atoms with Gasteiger partial charge in [-0.25, -0.2) is 4.98 Å². The number of carbonyl (C=O) groups excluding carboxylic acids is 1. The Kier molecular flexibility index (Phi) is 4.16. The van der Waals surface area contributed by atoms with Gasteiger partial charge in [-0.05, 0) is 30.5 Å². The Morgan fingerprint density at radius 1 is 1.47 bits per heavy atom. The largest absolute Gasteiger partial charge is 0.384 e. The van der Waals surface area contributed by atoms with E-state index in [0.717, 1.165) is 6.42 Å². The van der Waals surface area contributed by atoms with Crippen LogP contribution in [0.1, 0.15) is 22.2 Å². The van der Waals surface area contributed by atoms with Crippen LogP contribution in [0.15, 0.2) is 35.8 Å². The molecule has 1 atom stereocenters. The summed E-state index contributed by atoms with van der Waals surface area (Å²) in [4.78, 5) is 19.2. The number of amides is 1. The highest BCUT2D eigenvalue weighted by Crippen LogP contribution is 2.15. The molecule has 100 valence electrons. The van der Waals surface area contributed by atoms with Gasteiger partial charge in [0.2, 0.25) is 0 Å². The number of likely N-dealkylation sites (N-methyl/N-ethyl adjacent to an activating group) is 1. The van der Waals surface area contributed by atoms with Crippen LogP contribution in [-0.2, 0) is 6.42 Å². The van der Waals surface area contributed by atoms with Crippen LogP contribution in [0.4, 0.5) is 5.82 Å². The summed E-state index contributed by atoms with van der Waals surface area (Å²) in [5.74, 6) is 0.391. The van der Waals surface area contributed by atoms with Gasteiger partial charge in [0.1, 0.15) is 5.82 Å². The fourth-order valence-electron chi connectivity index (χ4n) is 1.79. The Morgan fingerprint density at radius 3 is 2.84 bits per heavy atom. The normalized spacial score (nSPS) is 12.1. The number of aromatic nitrogens is 1. The first kappa shape index (κ1) is 13.5. The van der Waals surface area contributed by atoms with Crippen LogP contribution in [0, 0.1) is 0 Å². The second-order valence-electron chi connectivity index (χ2n) is 4.52. The zero-order chi connectivity index (χ0) is 13.8. The molecule has 4 nitrogen and oxygen atoms in total. The molecule has 0 aromatic carbocycles. The lowest BCUT2D eigenvalue weighted by Gasteiger charge is -2.24. The molecule has 19 heavy (non-hydrogen) atoms. The van der Waals surface area contributed by atoms with Gasteiger partial charge in [-0.1, -0.05) is 6.07 Å². The number of pyridine rings is 1. The lowest BCUT2D eigenvalue weighted by molar-refractivity contribution is 0.0743. The molecule has 0 aliphatic carbocycles. The first-order valence-corrected chi connectivity index (χ1v) is 6.97. The van der Waals surface area contributed by atoms with Crippen molar-refractivity contribution < 1.29 is 4.79 Å². The predicted octanol–water partition coefficient (Wildman–Crippen LogP) is 2.43. The van der Waals surface area contributed by atoms with Crippen molar-refractivity contribution in [3.63, 3.8) is 0 Å². The Labute approximate surface area is 116 Å². The molecule has 2 rings (SSSR count). The van der Waals surface area contributed by atoms with Crippen LogP contribution >= 0.6 is 11.3 Å². The van der Waals surface area contributed by atoms with Crippen molar-refractivity contribution in [1.29, 1.82) is 0 Å². The molecule has 0 fully saturated rings. The second-order valence-corrected chi connectivity index (χ2v) is 5.55. The van der Waals surface area contributed by atoms with Gasteiger partial charge in [0.15, 0.2) is 0 Å². The molecule has 0 aliphatic heterocycles. The summed E-state index contributed by atoms with van der Waals surface area (Å²) in [6.45, 7) is 2.04. The van der Waals surface area contributed by atoms with E-state index in [4.69, 9.17) is 5.73 Å². The molecule has 1 amide bonds. The van der Waals surface area contributed by atoms with E-state index in [9.17, 15) is 4.79 Å². The Morgan fingerprint density at radius 2 is 2.26 bits per heavy atom. The zero-order valence-corrected chi connectivity index (χ0v) is 11.9. The molecule has 2 N–H and O–H groups in total. The summed E-state index contributed by atoms with van der Waals surface area (Å²) >= 11 is 1.71. The molecule has 2 aromatic heterocycles. The van der Waals surface area contributed by atoms with Gasteiger partial charge in [-0.15, -0.1) is 11.3 Å². The first-order chi connectivity index (χ1) is 9.08. The van der Waals surface area contributed by atoms with Crippen LogP contribution < -0.4 is 5.73 Å². The zero-order valence-electron chi connectivity index (χ0n) is 11.0. The highest BCUT2D eigenvalue weighted by Gasteiger charge is 2.18. The summed E-state index contributed by atoms with van der Waals surface area (Å²) in [5.41, 5.74) is 6.08. The third kappa shape index (κ3) is 3.32. The van der Waals surface area contributed by atoms with E-state index < -0.39 is 0 Å². The average Bonchev–Trinajstić information content (AvgIpc) is 2.90. The van der Waals surface area contributed by atoms with Crippen LogP contribution in [0.5, 0.6) is 0 Å². The summed E-state index contributed by atoms with van der Waals surface area (Å²) in [5, 5.41) is 2.05. The van der Waals surface area contributed by atoms with Crippen molar-refractivity contribution in [1.82, 2.24) is 9.88 Å². The fourth-order valence-corrected chi connectivity index (χ4v) is 2.62. The van der Waals surface area contributed by atoms with E-state index in [1.54, 1.807) is 28.4 Å². The number of anilines is 1. The number of rotatable bonds is 4. The smallest absolute Gasteiger partial charge is 0.255 e. The highest BCUT2D eigenvalue weighted by atomic mass is 32.1. The van der Waals surface area contributed by atoms with E-state index in [1.165, 1.54) is 11.1 Å². The van der Waals surface area contributed by atoms with Crippen LogP contribution in [0.3, 0.4) is 0 Å². The minimum Gasteiger partial charge on any atom is -0.384 e. The van der Waals surface area contributed by atoms with Crippen LogP contribution in [0.25, 0.3) is 0 Å². The van der Waals surface area contributed by atoms with Gasteiger partial charge >= 0.3 is 0 Å². The van der Waals surface area contributed by atoms with E-state index in [-0.39, 0.29) is 11.9 Å². The maximum Gasteiger partial charge on any atom is 0.255 e. The van der Waals surface area contributed by atoms with Gasteiger partial charge in [-0.3, -0.25) is 4.79 Å². The Bertz CT molecular complexity index is 536. The van der Waals surface area contributed by atoms with Crippen molar-refractivity contribution in [3.8, 4) is 0 Å². The standard InChI is InChI=1S/C14H17N3OS/c1-10(8-12-4-3-7-19-12)17(2)14(18)11-5-6-13(15)16-9-11/h3-7,9-10H,8H2,1-2H3,(H2,15,16). The van der Waals surface area contributed by atoms with Crippen LogP contribution in [0.2, 0.25) is 0 Å². The maximum atomic E-state index is 12.3. The second kappa shape index (κ2) is 5.84. The average molecular weight is 275 g/mol. The van der Waals surface area contributed by atoms with Crippen molar-refractivity contribution >= 4 is 23.1 Å². The van der Waals surface area contributed by atoms with Crippen LogP contribution in [-0.4, -0.2) is 28.9 Å². The van der Waals surface area contributed by atoms with E-state index in [1.807, 2.05) is 25.4 Å². The lowest BCUT2D eigenvalue weighted by atomic mass is 10.1. The molecule has 0 saturated carbocycles. The topological polar surface area (TPSA) is 59.2 Å². The van der Waals surface area contributed by atoms with Gasteiger partial charge in [0, 0.05) is 30.6 Å². The van der Waals surface area contributed by atoms with E-state index in [0.29, 0.717) is 11.4 Å². The van der Waals surface area contributed by atoms with Gasteiger partial charge < -0.3 is 10.6 Å². The van der Waals surface area contributed by atoms with E-state index in [2.05, 4.69) is 11.1 Å². The highest BCUT2D eigenvalue weighted by molar-refractivity contribution is 7.09. The monoisotopic (exact) mass is 275 g/mol. The number of hydrogen-bond donors (Lipinski definition) is 1. The third-order valence-electron chi connectivity index (χ3n) is 3.09. The van der Waals surface area contributed by atoms with Gasteiger partial charge in [0.05, 0.1) is 5.56 Å². The number of thiophene rings is 1. The molecule has 1 unspecified atom stereocenters. The lowest BCUT2D eigenvalue weighted by Crippen LogP contribution is -2.36. The summed E-state index contributed by atoms with van der Waals surface area (Å²) in [7, 11) is 1.82. The molecule has 2 aromatic rings. The third-order valence-corrected chi connectivity index (χ3v) is 3.99. The predicted molar refractivity (Wildman–Crippen MR) is 78.2 cm³/mol. The number of nitrogens with two attached hydrogens (primary N) is 1. The molecule has 0 spiro atoms. The minimum absolute atomic E-state index is 0.0310. The van der Waals surface area contributed by atoms with Crippen molar-refractivity contribution in [2.24, 2.45) is 0 Å². The quantitative estimate of drug-likeness (QED) is 0.932. The molecule has 2 heterocycles. The van der Waals surface area contributed by atoms with Crippen molar-refractivity contribution in [2.45, 2.75) is 19.4 Å². The number of hydrogen-bond acceptors (Lipinski definition) is 4. The van der Waals surface area contributed by atoms with Gasteiger partial charge in [0.25, 0.3) is 5.91 Å². The Hall–Kier alpha value is -1.88. The molecular weight excluding hydrogens is 258 g/mol. The molecule has 0 bridgehead atoms. The first-order valence-electron chi connectivity index (χ1n) is 6.09. The molecule has 0 aliphatic rings. The molecular formula is C14H17N3OS. The van der Waals surface area contributed by atoms with Crippen molar-refractivity contribution in [3.05, 3.63) is 46.3 Å². The number of carbonyl (C=O) groups is 1. The minimum atomic E-state index is -0.0310. The summed E-state index contributed by atoms with van der Waals surface area (Å²) in [6.07, 6.45) is 2.38. The van der Waals surface area contributed by atoms with E-state index >= 15 is 0 Å².